The number of hydrogen-bond donors (Lipinski definition) is 0. The van der Waals surface area contributed by atoms with E-state index < -0.39 is 11.9 Å². The zero-order valence-electron chi connectivity index (χ0n) is 37.4. The van der Waals surface area contributed by atoms with Crippen LogP contribution in [0.25, 0.3) is 44.1 Å². The first kappa shape index (κ1) is 44.6. The molecule has 64 heavy (non-hydrogen) atoms. The van der Waals surface area contributed by atoms with Crippen molar-refractivity contribution < 1.29 is 19.1 Å². The van der Waals surface area contributed by atoms with Gasteiger partial charge in [-0.25, -0.2) is 19.6 Å². The monoisotopic (exact) mass is 862 g/mol. The molecule has 0 saturated carbocycles. The van der Waals surface area contributed by atoms with Gasteiger partial charge in [0.15, 0.2) is 0 Å². The molecule has 0 atom stereocenters. The van der Waals surface area contributed by atoms with Crippen LogP contribution >= 0.6 is 0 Å². The minimum absolute atomic E-state index is 0.128. The van der Waals surface area contributed by atoms with Crippen molar-refractivity contribution in [3.8, 4) is 0 Å². The number of para-hydroxylation sites is 8. The molecule has 8 rings (SSSR count). The summed E-state index contributed by atoms with van der Waals surface area (Å²) in [5.74, 6) is 0.667. The van der Waals surface area contributed by atoms with Crippen LogP contribution in [0.4, 0.5) is 0 Å². The number of fused-ring (bicyclic) bond motifs is 4. The quantitative estimate of drug-likeness (QED) is 0.0791. The number of nitrogens with zero attached hydrogens (tertiary/aromatic N) is 8. The molecule has 0 bridgehead atoms. The average molecular weight is 863 g/mol. The van der Waals surface area contributed by atoms with Gasteiger partial charge in [-0.1, -0.05) is 77.4 Å². The lowest BCUT2D eigenvalue weighted by Gasteiger charge is -2.08. The molecular weight excluding hydrogens is 809 g/mol. The largest absolute Gasteiger partial charge is 0.468 e. The van der Waals surface area contributed by atoms with E-state index in [1.54, 1.807) is 9.13 Å². The number of methoxy groups -OCH3 is 1. The summed E-state index contributed by atoms with van der Waals surface area (Å²) in [5.41, 5.74) is 9.69. The Morgan fingerprint density at radius 2 is 0.844 bits per heavy atom. The molecule has 8 aromatic rings. The first-order valence-corrected chi connectivity index (χ1v) is 21.2. The Hall–Kier alpha value is -7.48. The van der Waals surface area contributed by atoms with Gasteiger partial charge in [-0.15, -0.1) is 0 Å². The SMILES string of the molecule is CC(C)=CCOC(=O)Cn1c(=O)n(Cc2nc3ccccc3n2CC=C(C)C)c2ccccc21.COC(=O)Cn1c(=O)n(Cc2nc3ccccc3n2CC=C(C)C)c2ccccc21. The predicted molar refractivity (Wildman–Crippen MR) is 251 cm³/mol. The van der Waals surface area contributed by atoms with E-state index in [9.17, 15) is 19.2 Å². The van der Waals surface area contributed by atoms with Gasteiger partial charge in [-0.05, 0) is 96.1 Å². The van der Waals surface area contributed by atoms with Gasteiger partial charge in [0, 0.05) is 13.1 Å². The second-order valence-corrected chi connectivity index (χ2v) is 16.2. The van der Waals surface area contributed by atoms with Crippen LogP contribution in [0.2, 0.25) is 0 Å². The van der Waals surface area contributed by atoms with E-state index in [-0.39, 0.29) is 31.1 Å². The van der Waals surface area contributed by atoms with E-state index in [0.29, 0.717) is 37.2 Å². The van der Waals surface area contributed by atoms with Gasteiger partial charge in [0.1, 0.15) is 31.3 Å². The summed E-state index contributed by atoms with van der Waals surface area (Å²) < 4.78 is 20.6. The fourth-order valence-electron chi connectivity index (χ4n) is 7.56. The van der Waals surface area contributed by atoms with E-state index in [0.717, 1.165) is 50.3 Å². The van der Waals surface area contributed by atoms with Crippen LogP contribution in [0.1, 0.15) is 53.2 Å². The number of esters is 2. The Morgan fingerprint density at radius 1 is 0.484 bits per heavy atom. The number of ether oxygens (including phenoxy) is 2. The Labute approximate surface area is 370 Å². The molecule has 14 heteroatoms. The Kier molecular flexibility index (Phi) is 13.7. The maximum Gasteiger partial charge on any atom is 0.330 e. The molecule has 0 fully saturated rings. The number of rotatable bonds is 14. The lowest BCUT2D eigenvalue weighted by atomic mass is 10.3. The van der Waals surface area contributed by atoms with Crippen LogP contribution in [-0.4, -0.2) is 63.0 Å². The topological polar surface area (TPSA) is 142 Å². The number of carbonyl (C=O) groups is 2. The van der Waals surface area contributed by atoms with Gasteiger partial charge in [-0.2, -0.15) is 0 Å². The summed E-state index contributed by atoms with van der Waals surface area (Å²) in [4.78, 5) is 60.6. The lowest BCUT2D eigenvalue weighted by molar-refractivity contribution is -0.143. The van der Waals surface area contributed by atoms with Crippen LogP contribution in [0, 0.1) is 0 Å². The molecule has 0 aliphatic heterocycles. The number of hydrogen-bond acceptors (Lipinski definition) is 8. The van der Waals surface area contributed by atoms with Crippen LogP contribution in [0.3, 0.4) is 0 Å². The Morgan fingerprint density at radius 3 is 1.23 bits per heavy atom. The normalized spacial score (nSPS) is 11.1. The molecule has 4 heterocycles. The summed E-state index contributed by atoms with van der Waals surface area (Å²) >= 11 is 0. The van der Waals surface area contributed by atoms with Crippen molar-refractivity contribution in [2.45, 2.75) is 80.8 Å². The van der Waals surface area contributed by atoms with E-state index in [2.05, 4.69) is 49.0 Å². The molecule has 0 amide bonds. The molecule has 0 unspecified atom stereocenters. The van der Waals surface area contributed by atoms with Gasteiger partial charge >= 0.3 is 23.3 Å². The number of aromatic nitrogens is 8. The van der Waals surface area contributed by atoms with Crippen LogP contribution in [0.5, 0.6) is 0 Å². The average Bonchev–Trinajstić information content (AvgIpc) is 3.97. The van der Waals surface area contributed by atoms with E-state index in [4.69, 9.17) is 19.4 Å². The van der Waals surface area contributed by atoms with E-state index in [1.807, 2.05) is 117 Å². The maximum absolute atomic E-state index is 13.5. The minimum atomic E-state index is -0.462. The van der Waals surface area contributed by atoms with Crippen LogP contribution in [-0.2, 0) is 58.3 Å². The third-order valence-corrected chi connectivity index (χ3v) is 10.8. The summed E-state index contributed by atoms with van der Waals surface area (Å²) in [7, 11) is 1.32. The molecule has 0 saturated heterocycles. The van der Waals surface area contributed by atoms with E-state index in [1.165, 1.54) is 27.4 Å². The first-order valence-electron chi connectivity index (χ1n) is 21.2. The van der Waals surface area contributed by atoms with Crippen molar-refractivity contribution in [3.63, 3.8) is 0 Å². The summed E-state index contributed by atoms with van der Waals surface area (Å²) in [6.07, 6.45) is 6.12. The zero-order valence-corrected chi connectivity index (χ0v) is 37.4. The minimum Gasteiger partial charge on any atom is -0.468 e. The second kappa shape index (κ2) is 19.7. The molecule has 14 nitrogen and oxygen atoms in total. The summed E-state index contributed by atoms with van der Waals surface area (Å²) in [5, 5.41) is 0. The highest BCUT2D eigenvalue weighted by Gasteiger charge is 2.20. The molecule has 0 N–H and O–H groups in total. The van der Waals surface area contributed by atoms with E-state index >= 15 is 0 Å². The molecule has 0 spiro atoms. The van der Waals surface area contributed by atoms with Gasteiger partial charge in [-0.3, -0.25) is 27.9 Å². The highest BCUT2D eigenvalue weighted by molar-refractivity contribution is 5.81. The molecule has 330 valence electrons. The predicted octanol–water partition coefficient (Wildman–Crippen LogP) is 8.02. The highest BCUT2D eigenvalue weighted by Crippen LogP contribution is 2.22. The molecule has 0 aliphatic rings. The van der Waals surface area contributed by atoms with Gasteiger partial charge in [0.2, 0.25) is 0 Å². The number of allylic oxidation sites excluding steroid dienone is 5. The lowest BCUT2D eigenvalue weighted by Crippen LogP contribution is -2.28. The van der Waals surface area contributed by atoms with Crippen molar-refractivity contribution in [3.05, 3.63) is 165 Å². The molecular formula is C50H54N8O6. The van der Waals surface area contributed by atoms with Crippen molar-refractivity contribution in [2.24, 2.45) is 0 Å². The maximum atomic E-state index is 13.5. The van der Waals surface area contributed by atoms with Gasteiger partial charge in [0.05, 0.1) is 64.3 Å². The third kappa shape index (κ3) is 9.76. The fourth-order valence-corrected chi connectivity index (χ4v) is 7.56. The second-order valence-electron chi connectivity index (χ2n) is 16.2. The smallest absolute Gasteiger partial charge is 0.330 e. The van der Waals surface area contributed by atoms with Crippen molar-refractivity contribution in [2.75, 3.05) is 13.7 Å². The number of imidazole rings is 4. The molecule has 4 aromatic heterocycles. The molecule has 0 aliphatic carbocycles. The third-order valence-electron chi connectivity index (χ3n) is 10.8. The van der Waals surface area contributed by atoms with Gasteiger partial charge in [0.25, 0.3) is 0 Å². The summed E-state index contributed by atoms with van der Waals surface area (Å²) in [6.45, 7) is 14.0. The van der Waals surface area contributed by atoms with Crippen molar-refractivity contribution >= 4 is 56.1 Å². The Balaban J connectivity index is 0.000000193. The van der Waals surface area contributed by atoms with Crippen LogP contribution < -0.4 is 11.4 Å². The molecule has 0 radical (unpaired) electrons. The van der Waals surface area contributed by atoms with Crippen LogP contribution in [0.15, 0.2) is 142 Å². The summed E-state index contributed by atoms with van der Waals surface area (Å²) in [6, 6.07) is 30.9. The molecule has 4 aromatic carbocycles. The van der Waals surface area contributed by atoms with Crippen molar-refractivity contribution in [1.82, 2.24) is 37.4 Å². The number of benzene rings is 4. The fraction of sp³-hybridized carbons (Fsp3) is 0.280. The Bertz CT molecular complexity index is 3210. The highest BCUT2D eigenvalue weighted by atomic mass is 16.5. The first-order chi connectivity index (χ1) is 30.8. The number of carbonyl (C=O) groups excluding carboxylic acids is 2. The van der Waals surface area contributed by atoms with Crippen molar-refractivity contribution in [1.29, 1.82) is 0 Å². The van der Waals surface area contributed by atoms with Gasteiger partial charge < -0.3 is 18.6 Å². The zero-order chi connectivity index (χ0) is 45.5. The standard InChI is InChI=1S/C27H30N4O3.C23H24N4O3/c1-19(2)13-15-29-22-10-6-5-9-21(22)28-25(29)17-30-23-11-7-8-12-24(23)31(27(30)33)18-26(32)34-16-14-20(3)4;1-16(2)12-13-25-18-9-5-4-8-17(18)24-21(25)14-26-19-10-6-7-11-20(19)27(23(26)29)15-22(28)30-3/h5-14H,15-18H2,1-4H3;4-12H,13-15H2,1-3H3.